The van der Waals surface area contributed by atoms with Gasteiger partial charge in [-0.1, -0.05) is 31.4 Å². The Bertz CT molecular complexity index is 842. The third kappa shape index (κ3) is 6.51. The van der Waals surface area contributed by atoms with Crippen molar-refractivity contribution in [2.45, 2.75) is 56.4 Å². The Morgan fingerprint density at radius 1 is 1.03 bits per heavy atom. The fourth-order valence-electron chi connectivity index (χ4n) is 4.00. The number of Topliss-reactive ketones (excluding diaryl/α,β-unsaturated/α-hetero) is 1. The quantitative estimate of drug-likeness (QED) is 0.484. The Kier molecular flexibility index (Phi) is 8.45. The van der Waals surface area contributed by atoms with Crippen LogP contribution in [-0.2, 0) is 14.8 Å². The lowest BCUT2D eigenvalue weighted by atomic mass is 9.98. The van der Waals surface area contributed by atoms with Crippen molar-refractivity contribution in [3.63, 3.8) is 0 Å². The summed E-state index contributed by atoms with van der Waals surface area (Å²) in [5.74, 6) is -0.107. The topological polar surface area (TPSA) is 96.0 Å². The molecule has 1 aromatic carbocycles. The number of nitrogens with one attached hydrogen (secondary N) is 1. The zero-order valence-corrected chi connectivity index (χ0v) is 19.0. The molecule has 2 aliphatic rings. The minimum atomic E-state index is -3.64. The first-order valence-electron chi connectivity index (χ1n) is 11.1. The first-order valence-corrected chi connectivity index (χ1v) is 12.6. The number of amides is 2. The van der Waals surface area contributed by atoms with E-state index in [1.165, 1.54) is 54.8 Å². The fraction of sp³-hybridized carbons (Fsp3) is 0.636. The number of carbonyl (C=O) groups is 2. The maximum absolute atomic E-state index is 12.8. The van der Waals surface area contributed by atoms with Crippen LogP contribution in [0.5, 0.6) is 0 Å². The number of hydrogen-bond donors (Lipinski definition) is 1. The van der Waals surface area contributed by atoms with Crippen LogP contribution in [0.3, 0.4) is 0 Å². The lowest BCUT2D eigenvalue weighted by Gasteiger charge is -2.34. The smallest absolute Gasteiger partial charge is 0.317 e. The van der Waals surface area contributed by atoms with Crippen molar-refractivity contribution in [1.29, 1.82) is 0 Å². The highest BCUT2D eigenvalue weighted by Crippen LogP contribution is 2.20. The Balaban J connectivity index is 1.39. The van der Waals surface area contributed by atoms with Crippen molar-refractivity contribution in [2.24, 2.45) is 0 Å². The molecule has 9 heteroatoms. The van der Waals surface area contributed by atoms with Gasteiger partial charge in [0.25, 0.3) is 0 Å². The summed E-state index contributed by atoms with van der Waals surface area (Å²) in [5.41, 5.74) is 0.476. The number of ketones is 1. The molecule has 1 aliphatic heterocycles. The summed E-state index contributed by atoms with van der Waals surface area (Å²) >= 11 is 0. The van der Waals surface area contributed by atoms with Crippen LogP contribution in [0.2, 0.25) is 0 Å². The summed E-state index contributed by atoms with van der Waals surface area (Å²) < 4.78 is 32.9. The Morgan fingerprint density at radius 3 is 2.29 bits per heavy atom. The van der Waals surface area contributed by atoms with Crippen molar-refractivity contribution in [3.8, 4) is 0 Å². The number of benzene rings is 1. The molecule has 0 bridgehead atoms. The van der Waals surface area contributed by atoms with Crippen LogP contribution in [0.25, 0.3) is 0 Å². The van der Waals surface area contributed by atoms with Gasteiger partial charge in [0.1, 0.15) is 0 Å². The summed E-state index contributed by atoms with van der Waals surface area (Å²) in [6.45, 7) is 3.82. The van der Waals surface area contributed by atoms with Crippen LogP contribution in [0.15, 0.2) is 29.2 Å². The van der Waals surface area contributed by atoms with Crippen LogP contribution >= 0.6 is 0 Å². The molecule has 0 radical (unpaired) electrons. The largest absolute Gasteiger partial charge is 0.378 e. The second-order valence-corrected chi connectivity index (χ2v) is 10.1. The van der Waals surface area contributed by atoms with Gasteiger partial charge >= 0.3 is 6.03 Å². The molecule has 0 unspecified atom stereocenters. The van der Waals surface area contributed by atoms with E-state index < -0.39 is 10.0 Å². The van der Waals surface area contributed by atoms with Crippen molar-refractivity contribution in [2.75, 3.05) is 39.3 Å². The molecular formula is C22H33N3O5S. The predicted molar refractivity (Wildman–Crippen MR) is 118 cm³/mol. The highest BCUT2D eigenvalue weighted by Gasteiger charge is 2.30. The van der Waals surface area contributed by atoms with E-state index in [9.17, 15) is 18.0 Å². The molecule has 1 saturated heterocycles. The van der Waals surface area contributed by atoms with Crippen molar-refractivity contribution >= 4 is 21.8 Å². The summed E-state index contributed by atoms with van der Waals surface area (Å²) in [5, 5.41) is 2.90. The Morgan fingerprint density at radius 2 is 1.68 bits per heavy atom. The Hall–Kier alpha value is -1.97. The average Bonchev–Trinajstić information content (AvgIpc) is 2.79. The van der Waals surface area contributed by atoms with Crippen LogP contribution in [-0.4, -0.2) is 74.9 Å². The van der Waals surface area contributed by atoms with Crippen molar-refractivity contribution < 1.29 is 22.7 Å². The van der Waals surface area contributed by atoms with Crippen molar-refractivity contribution in [3.05, 3.63) is 29.8 Å². The van der Waals surface area contributed by atoms with Gasteiger partial charge in [0, 0.05) is 44.9 Å². The maximum atomic E-state index is 12.8. The summed E-state index contributed by atoms with van der Waals surface area (Å²) in [6.07, 6.45) is 7.21. The first-order chi connectivity index (χ1) is 14.9. The summed E-state index contributed by atoms with van der Waals surface area (Å²) in [4.78, 5) is 25.6. The fourth-order valence-corrected chi connectivity index (χ4v) is 5.43. The Labute approximate surface area is 185 Å². The van der Waals surface area contributed by atoms with Crippen LogP contribution < -0.4 is 5.32 Å². The summed E-state index contributed by atoms with van der Waals surface area (Å²) in [7, 11) is -3.64. The van der Waals surface area contributed by atoms with E-state index in [0.717, 1.165) is 19.3 Å². The van der Waals surface area contributed by atoms with E-state index in [2.05, 4.69) is 5.32 Å². The van der Waals surface area contributed by atoms with Gasteiger partial charge in [-0.3, -0.25) is 4.79 Å². The molecule has 1 aromatic rings. The molecule has 2 fully saturated rings. The minimum absolute atomic E-state index is 0.107. The molecule has 2 amide bonds. The average molecular weight is 452 g/mol. The first kappa shape index (κ1) is 23.7. The molecular weight excluding hydrogens is 418 g/mol. The molecule has 31 heavy (non-hydrogen) atoms. The number of carbonyl (C=O) groups excluding carboxylic acids is 2. The molecule has 1 saturated carbocycles. The van der Waals surface area contributed by atoms with Gasteiger partial charge in [0.15, 0.2) is 5.78 Å². The number of ether oxygens (including phenoxy) is 1. The SMILES string of the molecule is CC(=O)c1ccc(S(=O)(=O)N2CCN(C(=O)NCCCOC3CCCCC3)CC2)cc1. The number of rotatable bonds is 8. The number of nitrogens with zero attached hydrogens (tertiary/aromatic N) is 2. The molecule has 1 N–H and O–H groups in total. The zero-order chi connectivity index (χ0) is 22.3. The van der Waals surface area contributed by atoms with Gasteiger partial charge in [0.2, 0.25) is 10.0 Å². The minimum Gasteiger partial charge on any atom is -0.378 e. The van der Waals surface area contributed by atoms with Gasteiger partial charge in [-0.25, -0.2) is 13.2 Å². The summed E-state index contributed by atoms with van der Waals surface area (Å²) in [6, 6.07) is 5.80. The monoisotopic (exact) mass is 451 g/mol. The third-order valence-corrected chi connectivity index (χ3v) is 7.84. The van der Waals surface area contributed by atoms with E-state index in [4.69, 9.17) is 4.74 Å². The highest BCUT2D eigenvalue weighted by molar-refractivity contribution is 7.89. The van der Waals surface area contributed by atoms with E-state index in [1.807, 2.05) is 0 Å². The normalized spacial score (nSPS) is 18.7. The van der Waals surface area contributed by atoms with Crippen LogP contribution in [0, 0.1) is 0 Å². The van der Waals surface area contributed by atoms with Gasteiger partial charge in [-0.2, -0.15) is 4.31 Å². The van der Waals surface area contributed by atoms with E-state index in [1.54, 1.807) is 4.90 Å². The van der Waals surface area contributed by atoms with E-state index in [0.29, 0.717) is 37.9 Å². The van der Waals surface area contributed by atoms with Gasteiger partial charge in [0.05, 0.1) is 11.0 Å². The van der Waals surface area contributed by atoms with Gasteiger partial charge in [-0.05, 0) is 38.3 Å². The van der Waals surface area contributed by atoms with Gasteiger partial charge < -0.3 is 15.0 Å². The predicted octanol–water partition coefficient (Wildman–Crippen LogP) is 2.64. The molecule has 8 nitrogen and oxygen atoms in total. The number of hydrogen-bond acceptors (Lipinski definition) is 5. The van der Waals surface area contributed by atoms with E-state index >= 15 is 0 Å². The van der Waals surface area contributed by atoms with Crippen LogP contribution in [0.1, 0.15) is 55.8 Å². The lowest BCUT2D eigenvalue weighted by Crippen LogP contribution is -2.53. The molecule has 0 atom stereocenters. The third-order valence-electron chi connectivity index (χ3n) is 5.93. The molecule has 0 aromatic heterocycles. The standard InChI is InChI=1S/C22H33N3O5S/c1-18(26)19-8-10-21(11-9-19)31(28,29)25-15-13-24(14-16-25)22(27)23-12-5-17-30-20-6-3-2-4-7-20/h8-11,20H,2-7,12-17H2,1H3,(H,23,27). The molecule has 172 valence electrons. The van der Waals surface area contributed by atoms with Gasteiger partial charge in [-0.15, -0.1) is 0 Å². The second-order valence-electron chi connectivity index (χ2n) is 8.19. The van der Waals surface area contributed by atoms with E-state index in [-0.39, 0.29) is 29.8 Å². The lowest BCUT2D eigenvalue weighted by molar-refractivity contribution is 0.0274. The molecule has 3 rings (SSSR count). The molecule has 0 spiro atoms. The highest BCUT2D eigenvalue weighted by atomic mass is 32.2. The number of sulfonamides is 1. The zero-order valence-electron chi connectivity index (χ0n) is 18.2. The number of piperazine rings is 1. The molecule has 1 heterocycles. The maximum Gasteiger partial charge on any atom is 0.317 e. The van der Waals surface area contributed by atoms with Crippen molar-refractivity contribution in [1.82, 2.24) is 14.5 Å². The second kappa shape index (κ2) is 11.1. The number of urea groups is 1. The molecule has 1 aliphatic carbocycles. The van der Waals surface area contributed by atoms with Crippen LogP contribution in [0.4, 0.5) is 4.79 Å².